The SMILES string of the molecule is O[C@H](Cc1ccccc1)c1cc2cc(Br)ccc2[nH]1. The van der Waals surface area contributed by atoms with Crippen LogP contribution in [0.4, 0.5) is 0 Å². The molecule has 1 heterocycles. The lowest BCUT2D eigenvalue weighted by Crippen LogP contribution is -2.01. The number of fused-ring (bicyclic) bond motifs is 1. The van der Waals surface area contributed by atoms with Crippen molar-refractivity contribution in [2.75, 3.05) is 0 Å². The minimum atomic E-state index is -0.506. The largest absolute Gasteiger partial charge is 0.387 e. The van der Waals surface area contributed by atoms with Crippen molar-refractivity contribution in [3.8, 4) is 0 Å². The van der Waals surface area contributed by atoms with E-state index >= 15 is 0 Å². The zero-order valence-electron chi connectivity index (χ0n) is 10.3. The van der Waals surface area contributed by atoms with Gasteiger partial charge in [-0.25, -0.2) is 0 Å². The van der Waals surface area contributed by atoms with Crippen LogP contribution in [0.5, 0.6) is 0 Å². The second-order valence-electron chi connectivity index (χ2n) is 4.66. The summed E-state index contributed by atoms with van der Waals surface area (Å²) in [4.78, 5) is 3.27. The summed E-state index contributed by atoms with van der Waals surface area (Å²) in [5.41, 5.74) is 3.04. The summed E-state index contributed by atoms with van der Waals surface area (Å²) in [7, 11) is 0. The van der Waals surface area contributed by atoms with E-state index in [4.69, 9.17) is 0 Å². The van der Waals surface area contributed by atoms with Gasteiger partial charge in [-0.1, -0.05) is 46.3 Å². The first kappa shape index (κ1) is 12.5. The van der Waals surface area contributed by atoms with Crippen LogP contribution in [-0.2, 0) is 6.42 Å². The van der Waals surface area contributed by atoms with Crippen molar-refractivity contribution in [3.05, 3.63) is 70.3 Å². The van der Waals surface area contributed by atoms with Gasteiger partial charge in [0, 0.05) is 27.5 Å². The summed E-state index contributed by atoms with van der Waals surface area (Å²) in [6.45, 7) is 0. The van der Waals surface area contributed by atoms with Gasteiger partial charge < -0.3 is 10.1 Å². The van der Waals surface area contributed by atoms with Crippen molar-refractivity contribution < 1.29 is 5.11 Å². The molecule has 3 aromatic rings. The Balaban J connectivity index is 1.87. The van der Waals surface area contributed by atoms with Crippen LogP contribution in [0.2, 0.25) is 0 Å². The van der Waals surface area contributed by atoms with Gasteiger partial charge in [0.25, 0.3) is 0 Å². The molecular formula is C16H14BrNO. The minimum Gasteiger partial charge on any atom is -0.387 e. The van der Waals surface area contributed by atoms with Gasteiger partial charge in [-0.15, -0.1) is 0 Å². The molecule has 0 saturated carbocycles. The van der Waals surface area contributed by atoms with Crippen LogP contribution in [0.1, 0.15) is 17.4 Å². The Kier molecular flexibility index (Phi) is 3.40. The van der Waals surface area contributed by atoms with E-state index in [0.717, 1.165) is 26.6 Å². The standard InChI is InChI=1S/C16H14BrNO/c17-13-6-7-14-12(9-13)10-15(18-14)16(19)8-11-4-2-1-3-5-11/h1-7,9-10,16,18-19H,8H2/t16-/m1/s1. The molecule has 0 amide bonds. The van der Waals surface area contributed by atoms with Crippen LogP contribution in [0.15, 0.2) is 59.1 Å². The average Bonchev–Trinajstić information content (AvgIpc) is 2.83. The highest BCUT2D eigenvalue weighted by molar-refractivity contribution is 9.10. The summed E-state index contributed by atoms with van der Waals surface area (Å²) in [6, 6.07) is 18.1. The number of halogens is 1. The zero-order chi connectivity index (χ0) is 13.2. The van der Waals surface area contributed by atoms with Gasteiger partial charge in [-0.05, 0) is 29.8 Å². The number of aromatic amines is 1. The third-order valence-corrected chi connectivity index (χ3v) is 3.73. The molecule has 3 rings (SSSR count). The van der Waals surface area contributed by atoms with Crippen LogP contribution in [0, 0.1) is 0 Å². The highest BCUT2D eigenvalue weighted by Gasteiger charge is 2.11. The van der Waals surface area contributed by atoms with Gasteiger partial charge in [0.2, 0.25) is 0 Å². The normalized spacial score (nSPS) is 12.7. The molecule has 2 aromatic carbocycles. The number of hydrogen-bond donors (Lipinski definition) is 2. The topological polar surface area (TPSA) is 36.0 Å². The Morgan fingerprint density at radius 2 is 1.84 bits per heavy atom. The molecule has 0 unspecified atom stereocenters. The summed E-state index contributed by atoms with van der Waals surface area (Å²) >= 11 is 3.46. The van der Waals surface area contributed by atoms with E-state index in [-0.39, 0.29) is 0 Å². The monoisotopic (exact) mass is 315 g/mol. The predicted octanol–water partition coefficient (Wildman–Crippen LogP) is 4.21. The number of nitrogens with one attached hydrogen (secondary N) is 1. The molecule has 19 heavy (non-hydrogen) atoms. The minimum absolute atomic E-state index is 0.506. The van der Waals surface area contributed by atoms with Gasteiger partial charge in [-0.3, -0.25) is 0 Å². The fraction of sp³-hybridized carbons (Fsp3) is 0.125. The first-order chi connectivity index (χ1) is 9.22. The van der Waals surface area contributed by atoms with Crippen molar-refractivity contribution >= 4 is 26.8 Å². The number of H-pyrrole nitrogens is 1. The highest BCUT2D eigenvalue weighted by Crippen LogP contribution is 2.25. The molecular weight excluding hydrogens is 302 g/mol. The van der Waals surface area contributed by atoms with Crippen LogP contribution < -0.4 is 0 Å². The molecule has 0 aliphatic heterocycles. The molecule has 2 nitrogen and oxygen atoms in total. The fourth-order valence-corrected chi connectivity index (χ4v) is 2.63. The lowest BCUT2D eigenvalue weighted by atomic mass is 10.1. The Labute approximate surface area is 120 Å². The maximum absolute atomic E-state index is 10.3. The van der Waals surface area contributed by atoms with Gasteiger partial charge in [-0.2, -0.15) is 0 Å². The van der Waals surface area contributed by atoms with E-state index in [1.807, 2.05) is 54.6 Å². The van der Waals surface area contributed by atoms with E-state index in [1.54, 1.807) is 0 Å². The van der Waals surface area contributed by atoms with Crippen molar-refractivity contribution in [2.24, 2.45) is 0 Å². The van der Waals surface area contributed by atoms with Gasteiger partial charge in [0.15, 0.2) is 0 Å². The molecule has 1 atom stereocenters. The van der Waals surface area contributed by atoms with E-state index in [9.17, 15) is 5.11 Å². The van der Waals surface area contributed by atoms with Gasteiger partial charge in [0.1, 0.15) is 0 Å². The Bertz CT molecular complexity index is 690. The van der Waals surface area contributed by atoms with Gasteiger partial charge in [0.05, 0.1) is 6.10 Å². The molecule has 3 heteroatoms. The second-order valence-corrected chi connectivity index (χ2v) is 5.58. The maximum Gasteiger partial charge on any atom is 0.0978 e. The van der Waals surface area contributed by atoms with Crippen LogP contribution >= 0.6 is 15.9 Å². The first-order valence-corrected chi connectivity index (χ1v) is 7.02. The molecule has 2 N–H and O–H groups in total. The zero-order valence-corrected chi connectivity index (χ0v) is 11.9. The predicted molar refractivity (Wildman–Crippen MR) is 81.1 cm³/mol. The smallest absolute Gasteiger partial charge is 0.0978 e. The first-order valence-electron chi connectivity index (χ1n) is 6.22. The lowest BCUT2D eigenvalue weighted by molar-refractivity contribution is 0.174. The molecule has 0 radical (unpaired) electrons. The van der Waals surface area contributed by atoms with E-state index in [2.05, 4.69) is 20.9 Å². The second kappa shape index (κ2) is 5.19. The van der Waals surface area contributed by atoms with E-state index < -0.39 is 6.10 Å². The number of aromatic nitrogens is 1. The third-order valence-electron chi connectivity index (χ3n) is 3.23. The summed E-state index contributed by atoms with van der Waals surface area (Å²) in [6.07, 6.45) is 0.114. The molecule has 0 spiro atoms. The molecule has 0 fully saturated rings. The van der Waals surface area contributed by atoms with Gasteiger partial charge >= 0.3 is 0 Å². The molecule has 0 aliphatic rings. The number of aliphatic hydroxyl groups excluding tert-OH is 1. The van der Waals surface area contributed by atoms with Crippen LogP contribution in [0.25, 0.3) is 10.9 Å². The molecule has 96 valence electrons. The molecule has 0 bridgehead atoms. The van der Waals surface area contributed by atoms with E-state index in [0.29, 0.717) is 6.42 Å². The highest BCUT2D eigenvalue weighted by atomic mass is 79.9. The van der Waals surface area contributed by atoms with Crippen molar-refractivity contribution in [2.45, 2.75) is 12.5 Å². The Morgan fingerprint density at radius 1 is 1.05 bits per heavy atom. The average molecular weight is 316 g/mol. The van der Waals surface area contributed by atoms with Crippen LogP contribution in [0.3, 0.4) is 0 Å². The third kappa shape index (κ3) is 2.72. The summed E-state index contributed by atoms with van der Waals surface area (Å²) < 4.78 is 1.04. The fourth-order valence-electron chi connectivity index (χ4n) is 2.25. The van der Waals surface area contributed by atoms with Crippen molar-refractivity contribution in [1.82, 2.24) is 4.98 Å². The maximum atomic E-state index is 10.3. The summed E-state index contributed by atoms with van der Waals surface area (Å²) in [5.74, 6) is 0. The molecule has 0 saturated heterocycles. The van der Waals surface area contributed by atoms with E-state index in [1.165, 1.54) is 0 Å². The van der Waals surface area contributed by atoms with Crippen molar-refractivity contribution in [1.29, 1.82) is 0 Å². The Morgan fingerprint density at radius 3 is 2.63 bits per heavy atom. The quantitative estimate of drug-likeness (QED) is 0.746. The molecule has 0 aliphatic carbocycles. The lowest BCUT2D eigenvalue weighted by Gasteiger charge is -2.08. The summed E-state index contributed by atoms with van der Waals surface area (Å²) in [5, 5.41) is 11.4. The number of rotatable bonds is 3. The van der Waals surface area contributed by atoms with Crippen LogP contribution in [-0.4, -0.2) is 10.1 Å². The molecule has 1 aromatic heterocycles. The Hall–Kier alpha value is -1.58. The number of benzene rings is 2. The number of hydrogen-bond acceptors (Lipinski definition) is 1. The number of aliphatic hydroxyl groups is 1. The van der Waals surface area contributed by atoms with Crippen molar-refractivity contribution in [3.63, 3.8) is 0 Å².